The Labute approximate surface area is 167 Å². The van der Waals surface area contributed by atoms with Gasteiger partial charge in [0.1, 0.15) is 0 Å². The van der Waals surface area contributed by atoms with Crippen LogP contribution in [0.5, 0.6) is 0 Å². The summed E-state index contributed by atoms with van der Waals surface area (Å²) in [6, 6.07) is 0.252. The van der Waals surface area contributed by atoms with Crippen LogP contribution < -0.4 is 5.32 Å². The summed E-state index contributed by atoms with van der Waals surface area (Å²) < 4.78 is 0. The van der Waals surface area contributed by atoms with Gasteiger partial charge in [-0.05, 0) is 0 Å². The number of nitrogens with one attached hydrogen (secondary N) is 1. The number of hydrogen-bond donors (Lipinski definition) is 1. The van der Waals surface area contributed by atoms with Crippen LogP contribution >= 0.6 is 0 Å². The van der Waals surface area contributed by atoms with Crippen molar-refractivity contribution in [2.45, 2.75) is 109 Å². The molecule has 3 unspecified atom stereocenters. The van der Waals surface area contributed by atoms with Gasteiger partial charge in [-0.25, -0.2) is 0 Å². The van der Waals surface area contributed by atoms with E-state index in [1.54, 1.807) is 6.92 Å². The Kier molecular flexibility index (Phi) is 7.41. The van der Waals surface area contributed by atoms with Crippen molar-refractivity contribution in [1.29, 1.82) is 0 Å². The van der Waals surface area contributed by atoms with Crippen molar-refractivity contribution in [1.82, 2.24) is 5.32 Å². The standard InChI is InChI=1S/C22H39NO2Se/c1-7-9-11-17(23-15(3)24)18(12-10-8-2)26-19-16-13-14-22(6,20(19)25)21(16,4)5/h16-19H,7-14H2,1-6H3,(H,23,24)/t16?,17-,18+,19?,22?/m0/s1. The van der Waals surface area contributed by atoms with E-state index in [0.29, 0.717) is 16.5 Å². The molecule has 26 heavy (non-hydrogen) atoms. The number of amides is 1. The van der Waals surface area contributed by atoms with E-state index in [9.17, 15) is 9.59 Å². The summed E-state index contributed by atoms with van der Waals surface area (Å²) in [6.07, 6.45) is 9.16. The van der Waals surface area contributed by atoms with Gasteiger partial charge < -0.3 is 0 Å². The molecule has 2 bridgehead atoms. The quantitative estimate of drug-likeness (QED) is 0.488. The van der Waals surface area contributed by atoms with Crippen LogP contribution in [0.1, 0.15) is 92.9 Å². The second kappa shape index (κ2) is 8.78. The van der Waals surface area contributed by atoms with E-state index >= 15 is 0 Å². The van der Waals surface area contributed by atoms with Gasteiger partial charge in [0.15, 0.2) is 0 Å². The van der Waals surface area contributed by atoms with Crippen molar-refractivity contribution < 1.29 is 9.59 Å². The summed E-state index contributed by atoms with van der Waals surface area (Å²) >= 11 is 0.271. The zero-order valence-electron chi connectivity index (χ0n) is 17.7. The molecule has 3 nitrogen and oxygen atoms in total. The molecule has 2 aliphatic carbocycles. The minimum absolute atomic E-state index is 0.0787. The van der Waals surface area contributed by atoms with Crippen molar-refractivity contribution in [3.8, 4) is 0 Å². The molecular formula is C22H39NO2Se. The van der Waals surface area contributed by atoms with E-state index in [-0.39, 0.29) is 42.6 Å². The Balaban J connectivity index is 2.18. The summed E-state index contributed by atoms with van der Waals surface area (Å²) in [7, 11) is 0. The Morgan fingerprint density at radius 2 is 1.81 bits per heavy atom. The van der Waals surface area contributed by atoms with Gasteiger partial charge in [-0.1, -0.05) is 0 Å². The van der Waals surface area contributed by atoms with Crippen molar-refractivity contribution in [3.05, 3.63) is 0 Å². The second-order valence-electron chi connectivity index (χ2n) is 9.25. The molecule has 0 aromatic heterocycles. The Morgan fingerprint density at radius 3 is 2.31 bits per heavy atom. The van der Waals surface area contributed by atoms with Crippen LogP contribution in [0, 0.1) is 16.7 Å². The first-order chi connectivity index (χ1) is 12.2. The molecule has 0 aliphatic heterocycles. The van der Waals surface area contributed by atoms with Crippen molar-refractivity contribution >= 4 is 26.6 Å². The Bertz CT molecular complexity index is 518. The number of hydrogen-bond acceptors (Lipinski definition) is 2. The molecule has 150 valence electrons. The van der Waals surface area contributed by atoms with Crippen LogP contribution in [0.15, 0.2) is 0 Å². The first-order valence-corrected chi connectivity index (χ1v) is 12.6. The third-order valence-corrected chi connectivity index (χ3v) is 11.0. The topological polar surface area (TPSA) is 46.2 Å². The zero-order chi connectivity index (χ0) is 19.5. The van der Waals surface area contributed by atoms with Crippen molar-refractivity contribution in [2.24, 2.45) is 16.7 Å². The van der Waals surface area contributed by atoms with Gasteiger partial charge in [0.2, 0.25) is 0 Å². The van der Waals surface area contributed by atoms with Crippen LogP contribution in [0.4, 0.5) is 0 Å². The fourth-order valence-corrected chi connectivity index (χ4v) is 9.61. The average Bonchev–Trinajstić information content (AvgIpc) is 2.88. The van der Waals surface area contributed by atoms with Gasteiger partial charge in [-0.15, -0.1) is 0 Å². The number of Topliss-reactive ketones (excluding diaryl/α,β-unsaturated/α-hetero) is 1. The van der Waals surface area contributed by atoms with Crippen LogP contribution in [0.25, 0.3) is 0 Å². The predicted molar refractivity (Wildman–Crippen MR) is 110 cm³/mol. The molecule has 2 rings (SSSR count). The van der Waals surface area contributed by atoms with E-state index in [0.717, 1.165) is 32.1 Å². The molecule has 0 heterocycles. The first-order valence-electron chi connectivity index (χ1n) is 10.7. The number of carbonyl (C=O) groups excluding carboxylic acids is 2. The van der Waals surface area contributed by atoms with E-state index in [4.69, 9.17) is 0 Å². The molecule has 0 saturated heterocycles. The molecule has 0 spiro atoms. The maximum absolute atomic E-state index is 13.3. The van der Waals surface area contributed by atoms with Crippen LogP contribution in [0.3, 0.4) is 0 Å². The van der Waals surface area contributed by atoms with Crippen molar-refractivity contribution in [3.63, 3.8) is 0 Å². The fraction of sp³-hybridized carbons (Fsp3) is 0.909. The van der Waals surface area contributed by atoms with Gasteiger partial charge in [-0.2, -0.15) is 0 Å². The van der Waals surface area contributed by atoms with E-state index in [2.05, 4.69) is 39.9 Å². The van der Waals surface area contributed by atoms with Gasteiger partial charge in [-0.3, -0.25) is 0 Å². The Morgan fingerprint density at radius 1 is 1.19 bits per heavy atom. The molecular weight excluding hydrogens is 389 g/mol. The monoisotopic (exact) mass is 429 g/mol. The van der Waals surface area contributed by atoms with Crippen LogP contribution in [0.2, 0.25) is 9.63 Å². The molecule has 0 aromatic rings. The van der Waals surface area contributed by atoms with Crippen molar-refractivity contribution in [2.75, 3.05) is 0 Å². The Hall–Kier alpha value is -0.341. The summed E-state index contributed by atoms with van der Waals surface area (Å²) in [4.78, 5) is 25.9. The van der Waals surface area contributed by atoms with E-state index < -0.39 is 0 Å². The van der Waals surface area contributed by atoms with Gasteiger partial charge in [0, 0.05) is 0 Å². The molecule has 1 amide bonds. The fourth-order valence-electron chi connectivity index (χ4n) is 5.15. The average molecular weight is 429 g/mol. The normalized spacial score (nSPS) is 31.8. The number of unbranched alkanes of at least 4 members (excludes halogenated alkanes) is 2. The maximum atomic E-state index is 13.3. The zero-order valence-corrected chi connectivity index (χ0v) is 19.4. The molecule has 4 heteroatoms. The summed E-state index contributed by atoms with van der Waals surface area (Å²) in [5, 5.41) is 3.25. The van der Waals surface area contributed by atoms with Crippen LogP contribution in [-0.4, -0.2) is 32.7 Å². The third kappa shape index (κ3) is 4.07. The van der Waals surface area contributed by atoms with Gasteiger partial charge in [0.05, 0.1) is 0 Å². The predicted octanol–water partition coefficient (Wildman–Crippen LogP) is 5.18. The van der Waals surface area contributed by atoms with Gasteiger partial charge >= 0.3 is 167 Å². The van der Waals surface area contributed by atoms with E-state index in [1.807, 2.05) is 0 Å². The molecule has 1 N–H and O–H groups in total. The number of fused-ring (bicyclic) bond motifs is 2. The second-order valence-corrected chi connectivity index (χ2v) is 12.2. The third-order valence-electron chi connectivity index (χ3n) is 7.34. The van der Waals surface area contributed by atoms with Crippen LogP contribution in [-0.2, 0) is 9.59 Å². The number of rotatable bonds is 10. The molecule has 0 aromatic carbocycles. The van der Waals surface area contributed by atoms with Gasteiger partial charge in [0.25, 0.3) is 0 Å². The number of carbonyl (C=O) groups is 2. The summed E-state index contributed by atoms with van der Waals surface area (Å²) in [5.74, 6) is 1.17. The summed E-state index contributed by atoms with van der Waals surface area (Å²) in [6.45, 7) is 12.9. The molecule has 5 atom stereocenters. The van der Waals surface area contributed by atoms with E-state index in [1.165, 1.54) is 19.3 Å². The minimum atomic E-state index is -0.119. The SMILES string of the molecule is CCCC[C@H](NC(C)=O)[C@@H](CCCC)[Se]C1C(=O)C2(C)CCC1C2(C)C. The first kappa shape index (κ1) is 22.0. The summed E-state index contributed by atoms with van der Waals surface area (Å²) in [5.41, 5.74) is 0.0189. The molecule has 2 aliphatic rings. The number of ketones is 1. The molecule has 2 fully saturated rings. The molecule has 2 saturated carbocycles. The molecule has 0 radical (unpaired) electrons.